The molecule has 3 rings (SSSR count). The van der Waals surface area contributed by atoms with Crippen molar-refractivity contribution in [2.75, 3.05) is 19.1 Å². The van der Waals surface area contributed by atoms with Gasteiger partial charge in [0, 0.05) is 30.2 Å². The van der Waals surface area contributed by atoms with Gasteiger partial charge in [0.05, 0.1) is 19.1 Å². The fraction of sp³-hybridized carbons (Fsp3) is 0.316. The van der Waals surface area contributed by atoms with Gasteiger partial charge in [0.25, 0.3) is 11.8 Å². The number of aliphatic imine (C=N–C) groups is 1. The van der Waals surface area contributed by atoms with E-state index in [-0.39, 0.29) is 23.6 Å². The highest BCUT2D eigenvalue weighted by atomic mass is 19.3. The summed E-state index contributed by atoms with van der Waals surface area (Å²) in [6.45, 7) is -1.82. The molecular formula is C19H17F5N4O2. The van der Waals surface area contributed by atoms with Gasteiger partial charge >= 0.3 is 0 Å². The first-order chi connectivity index (χ1) is 14.1. The molecule has 3 N–H and O–H groups in total. The third-order valence-corrected chi connectivity index (χ3v) is 4.76. The summed E-state index contributed by atoms with van der Waals surface area (Å²) >= 11 is 0. The summed E-state index contributed by atoms with van der Waals surface area (Å²) in [6.07, 6.45) is 0.0435. The predicted octanol–water partition coefficient (Wildman–Crippen LogP) is 3.57. The molecule has 1 aromatic heterocycles. The topological polar surface area (TPSA) is 89.6 Å². The molecule has 0 saturated heterocycles. The van der Waals surface area contributed by atoms with E-state index in [0.717, 1.165) is 6.07 Å². The summed E-state index contributed by atoms with van der Waals surface area (Å²) in [7, 11) is 1.40. The first-order valence-electron chi connectivity index (χ1n) is 8.72. The Labute approximate surface area is 168 Å². The smallest absolute Gasteiger partial charge is 0.280 e. The van der Waals surface area contributed by atoms with E-state index >= 15 is 0 Å². The van der Waals surface area contributed by atoms with Crippen molar-refractivity contribution in [1.29, 1.82) is 0 Å². The standard InChI is InChI=1S/C19H17F5N4O2/c1-30-11-2-3-14(26-8-11)17(29)27-10-6-12(16(22)13(21)7-10)18(9-20)19(23,24)5-4-15(25)28-18/h2-3,6-8H,4-5,9H2,1H3,(H2,25,28)(H,27,29). The molecule has 1 amide bonds. The fourth-order valence-corrected chi connectivity index (χ4v) is 3.12. The number of aromatic nitrogens is 1. The lowest BCUT2D eigenvalue weighted by Gasteiger charge is -2.39. The minimum atomic E-state index is -3.84. The number of rotatable bonds is 5. The molecule has 0 radical (unpaired) electrons. The normalized spacial score (nSPS) is 20.4. The Morgan fingerprint density at radius 1 is 1.30 bits per heavy atom. The van der Waals surface area contributed by atoms with E-state index in [0.29, 0.717) is 11.8 Å². The van der Waals surface area contributed by atoms with Crippen molar-refractivity contribution in [3.05, 3.63) is 53.4 Å². The average Bonchev–Trinajstić information content (AvgIpc) is 2.72. The highest BCUT2D eigenvalue weighted by Crippen LogP contribution is 2.48. The Balaban J connectivity index is 2.03. The molecule has 1 aliphatic heterocycles. The maximum atomic E-state index is 14.6. The number of amides is 1. The molecule has 1 unspecified atom stereocenters. The van der Waals surface area contributed by atoms with Gasteiger partial charge in [-0.3, -0.25) is 9.79 Å². The molecule has 1 atom stereocenters. The number of hydrogen-bond donors (Lipinski definition) is 2. The largest absolute Gasteiger partial charge is 0.495 e. The van der Waals surface area contributed by atoms with Gasteiger partial charge in [-0.2, -0.15) is 0 Å². The van der Waals surface area contributed by atoms with Crippen LogP contribution in [-0.2, 0) is 5.54 Å². The Kier molecular flexibility index (Phi) is 5.64. The van der Waals surface area contributed by atoms with Gasteiger partial charge in [-0.25, -0.2) is 26.9 Å². The monoisotopic (exact) mass is 428 g/mol. The lowest BCUT2D eigenvalue weighted by molar-refractivity contribution is -0.0960. The second kappa shape index (κ2) is 7.88. The van der Waals surface area contributed by atoms with E-state index in [2.05, 4.69) is 15.3 Å². The van der Waals surface area contributed by atoms with E-state index in [4.69, 9.17) is 10.5 Å². The van der Waals surface area contributed by atoms with E-state index in [1.807, 2.05) is 0 Å². The fourth-order valence-electron chi connectivity index (χ4n) is 3.12. The van der Waals surface area contributed by atoms with Gasteiger partial charge in [0.15, 0.2) is 17.2 Å². The zero-order valence-corrected chi connectivity index (χ0v) is 15.7. The predicted molar refractivity (Wildman–Crippen MR) is 98.6 cm³/mol. The Morgan fingerprint density at radius 2 is 2.03 bits per heavy atom. The molecule has 0 bridgehead atoms. The molecule has 1 aliphatic rings. The molecule has 1 aromatic carbocycles. The zero-order chi connectivity index (χ0) is 22.1. The second-order valence-electron chi connectivity index (χ2n) is 6.66. The van der Waals surface area contributed by atoms with E-state index in [9.17, 15) is 26.7 Å². The number of anilines is 1. The van der Waals surface area contributed by atoms with Crippen molar-refractivity contribution in [1.82, 2.24) is 4.98 Å². The number of ether oxygens (including phenoxy) is 1. The summed E-state index contributed by atoms with van der Waals surface area (Å²) in [5.74, 6) is -7.86. The van der Waals surface area contributed by atoms with Gasteiger partial charge in [-0.1, -0.05) is 0 Å². The number of methoxy groups -OCH3 is 1. The Morgan fingerprint density at radius 3 is 2.63 bits per heavy atom. The molecule has 2 aromatic rings. The van der Waals surface area contributed by atoms with Crippen molar-refractivity contribution in [2.24, 2.45) is 10.7 Å². The third-order valence-electron chi connectivity index (χ3n) is 4.76. The van der Waals surface area contributed by atoms with Crippen LogP contribution < -0.4 is 15.8 Å². The molecule has 0 aliphatic carbocycles. The highest BCUT2D eigenvalue weighted by molar-refractivity contribution is 6.03. The Hall–Kier alpha value is -3.24. The summed E-state index contributed by atoms with van der Waals surface area (Å²) in [5.41, 5.74) is 0.924. The number of benzene rings is 1. The molecule has 0 spiro atoms. The summed E-state index contributed by atoms with van der Waals surface area (Å²) < 4.78 is 76.7. The molecule has 0 fully saturated rings. The number of nitrogens with zero attached hydrogens (tertiary/aromatic N) is 2. The first-order valence-corrected chi connectivity index (χ1v) is 8.72. The number of carbonyl (C=O) groups excluding carboxylic acids is 1. The highest BCUT2D eigenvalue weighted by Gasteiger charge is 2.58. The molecule has 2 heterocycles. The first kappa shape index (κ1) is 21.5. The number of pyridine rings is 1. The van der Waals surface area contributed by atoms with Gasteiger partial charge < -0.3 is 15.8 Å². The van der Waals surface area contributed by atoms with Crippen molar-refractivity contribution in [2.45, 2.75) is 24.3 Å². The maximum absolute atomic E-state index is 14.6. The molecular weight excluding hydrogens is 411 g/mol. The van der Waals surface area contributed by atoms with Crippen LogP contribution in [0.3, 0.4) is 0 Å². The van der Waals surface area contributed by atoms with Gasteiger partial charge in [0.1, 0.15) is 18.1 Å². The number of nitrogens with one attached hydrogen (secondary N) is 1. The van der Waals surface area contributed by atoms with Crippen LogP contribution in [0.25, 0.3) is 0 Å². The van der Waals surface area contributed by atoms with Crippen molar-refractivity contribution < 1.29 is 31.5 Å². The van der Waals surface area contributed by atoms with Crippen LogP contribution in [0.15, 0.2) is 35.5 Å². The number of carbonyl (C=O) groups is 1. The molecule has 0 saturated carbocycles. The molecule has 11 heteroatoms. The van der Waals surface area contributed by atoms with Crippen molar-refractivity contribution in [3.63, 3.8) is 0 Å². The van der Waals surface area contributed by atoms with Crippen LogP contribution in [0.2, 0.25) is 0 Å². The number of halogens is 5. The molecule has 160 valence electrons. The van der Waals surface area contributed by atoms with Crippen LogP contribution in [0.4, 0.5) is 27.6 Å². The van der Waals surface area contributed by atoms with Crippen LogP contribution in [0, 0.1) is 11.6 Å². The minimum absolute atomic E-state index is 0.104. The summed E-state index contributed by atoms with van der Waals surface area (Å²) in [4.78, 5) is 19.6. The van der Waals surface area contributed by atoms with Crippen LogP contribution in [0.5, 0.6) is 5.75 Å². The molecule has 6 nitrogen and oxygen atoms in total. The van der Waals surface area contributed by atoms with Crippen molar-refractivity contribution in [3.8, 4) is 5.75 Å². The Bertz CT molecular complexity index is 997. The van der Waals surface area contributed by atoms with Gasteiger partial charge in [0.2, 0.25) is 0 Å². The minimum Gasteiger partial charge on any atom is -0.495 e. The number of hydrogen-bond acceptors (Lipinski definition) is 5. The van der Waals surface area contributed by atoms with Crippen LogP contribution in [0.1, 0.15) is 28.9 Å². The SMILES string of the molecule is COc1ccc(C(=O)Nc2cc(F)c(F)c(C3(CF)N=C(N)CCC3(F)F)c2)nc1. The number of alkyl halides is 3. The number of amidine groups is 1. The summed E-state index contributed by atoms with van der Waals surface area (Å²) in [6, 6.07) is 4.05. The number of nitrogens with two attached hydrogens (primary N) is 1. The average molecular weight is 428 g/mol. The van der Waals surface area contributed by atoms with E-state index in [1.165, 1.54) is 25.4 Å². The third kappa shape index (κ3) is 3.66. The lowest BCUT2D eigenvalue weighted by Crippen LogP contribution is -2.51. The summed E-state index contributed by atoms with van der Waals surface area (Å²) in [5, 5.41) is 2.23. The quantitative estimate of drug-likeness (QED) is 0.713. The van der Waals surface area contributed by atoms with E-state index < -0.39 is 47.7 Å². The maximum Gasteiger partial charge on any atom is 0.280 e. The molecule has 30 heavy (non-hydrogen) atoms. The van der Waals surface area contributed by atoms with Crippen molar-refractivity contribution >= 4 is 17.4 Å². The van der Waals surface area contributed by atoms with Crippen LogP contribution >= 0.6 is 0 Å². The van der Waals surface area contributed by atoms with E-state index in [1.54, 1.807) is 0 Å². The lowest BCUT2D eigenvalue weighted by atomic mass is 9.80. The van der Waals surface area contributed by atoms with Crippen LogP contribution in [-0.4, -0.2) is 36.4 Å². The zero-order valence-electron chi connectivity index (χ0n) is 15.7. The van der Waals surface area contributed by atoms with Gasteiger partial charge in [-0.05, 0) is 18.2 Å². The van der Waals surface area contributed by atoms with Gasteiger partial charge in [-0.15, -0.1) is 0 Å². The second-order valence-corrected chi connectivity index (χ2v) is 6.66.